The first kappa shape index (κ1) is 10.1. The van der Waals surface area contributed by atoms with Crippen molar-refractivity contribution in [1.29, 1.82) is 0 Å². The van der Waals surface area contributed by atoms with Crippen molar-refractivity contribution in [2.75, 3.05) is 5.73 Å². The number of hydrogen-bond acceptors (Lipinski definition) is 4. The van der Waals surface area contributed by atoms with Crippen LogP contribution in [0.4, 0.5) is 10.2 Å². The van der Waals surface area contributed by atoms with Crippen LogP contribution in [-0.4, -0.2) is 26.1 Å². The summed E-state index contributed by atoms with van der Waals surface area (Å²) in [6.45, 7) is 0. The first-order valence-electron chi connectivity index (χ1n) is 4.30. The van der Waals surface area contributed by atoms with E-state index < -0.39 is 11.8 Å². The van der Waals surface area contributed by atoms with E-state index in [-0.39, 0.29) is 11.5 Å². The fourth-order valence-corrected chi connectivity index (χ4v) is 1.16. The van der Waals surface area contributed by atoms with Crippen LogP contribution in [0.25, 0.3) is 5.69 Å². The number of carboxylic acid groups (broad SMARTS) is 1. The Hall–Kier alpha value is -2.44. The molecule has 1 aromatic heterocycles. The Labute approximate surface area is 89.1 Å². The average molecular weight is 222 g/mol. The molecule has 0 saturated carbocycles. The molecule has 16 heavy (non-hydrogen) atoms. The minimum atomic E-state index is -1.26. The molecule has 3 N–H and O–H groups in total. The third-order valence-electron chi connectivity index (χ3n) is 1.90. The molecular formula is C9H7FN4O2. The lowest BCUT2D eigenvalue weighted by Gasteiger charge is -1.97. The zero-order valence-electron chi connectivity index (χ0n) is 7.96. The van der Waals surface area contributed by atoms with Crippen LogP contribution in [0.2, 0.25) is 0 Å². The molecule has 0 saturated heterocycles. The van der Waals surface area contributed by atoms with E-state index in [0.717, 1.165) is 4.80 Å². The van der Waals surface area contributed by atoms with Gasteiger partial charge in [-0.3, -0.25) is 0 Å². The van der Waals surface area contributed by atoms with Crippen molar-refractivity contribution in [3.8, 4) is 5.69 Å². The van der Waals surface area contributed by atoms with Crippen LogP contribution in [0, 0.1) is 5.82 Å². The largest absolute Gasteiger partial charge is 0.476 e. The fraction of sp³-hybridized carbons (Fsp3) is 0. The van der Waals surface area contributed by atoms with Crippen molar-refractivity contribution in [2.24, 2.45) is 0 Å². The number of anilines is 1. The highest BCUT2D eigenvalue weighted by molar-refractivity contribution is 5.90. The topological polar surface area (TPSA) is 94.0 Å². The van der Waals surface area contributed by atoms with Gasteiger partial charge < -0.3 is 10.8 Å². The van der Waals surface area contributed by atoms with Crippen LogP contribution in [0.1, 0.15) is 10.5 Å². The number of rotatable bonds is 2. The molecular weight excluding hydrogens is 215 g/mol. The van der Waals surface area contributed by atoms with E-state index in [9.17, 15) is 9.18 Å². The summed E-state index contributed by atoms with van der Waals surface area (Å²) in [6.07, 6.45) is 0. The predicted octanol–water partition coefficient (Wildman–Crippen LogP) is 0.687. The number of carbonyl (C=O) groups is 1. The molecule has 2 aromatic rings. The molecule has 0 aliphatic heterocycles. The van der Waals surface area contributed by atoms with Gasteiger partial charge in [0.25, 0.3) is 0 Å². The van der Waals surface area contributed by atoms with E-state index in [0.29, 0.717) is 5.69 Å². The fourth-order valence-electron chi connectivity index (χ4n) is 1.16. The van der Waals surface area contributed by atoms with Gasteiger partial charge in [0, 0.05) is 0 Å². The number of benzene rings is 1. The van der Waals surface area contributed by atoms with Crippen molar-refractivity contribution in [2.45, 2.75) is 0 Å². The van der Waals surface area contributed by atoms with Gasteiger partial charge in [0.2, 0.25) is 5.69 Å². The number of halogens is 1. The van der Waals surface area contributed by atoms with Crippen molar-refractivity contribution in [1.82, 2.24) is 15.0 Å². The standard InChI is InChI=1S/C9H7FN4O2/c10-5-1-3-6(4-2-5)14-12-7(9(15)16)8(11)13-14/h1-4H,(H2,11,13)(H,15,16). The molecule has 0 fully saturated rings. The van der Waals surface area contributed by atoms with Crippen LogP contribution < -0.4 is 5.73 Å². The van der Waals surface area contributed by atoms with Gasteiger partial charge in [-0.15, -0.1) is 15.0 Å². The first-order valence-corrected chi connectivity index (χ1v) is 4.30. The van der Waals surface area contributed by atoms with Gasteiger partial charge in [0.15, 0.2) is 5.82 Å². The number of aromatic carboxylic acids is 1. The number of aromatic nitrogens is 3. The molecule has 6 nitrogen and oxygen atoms in total. The first-order chi connectivity index (χ1) is 7.58. The molecule has 0 amide bonds. The molecule has 82 valence electrons. The summed E-state index contributed by atoms with van der Waals surface area (Å²) >= 11 is 0. The van der Waals surface area contributed by atoms with E-state index in [1.807, 2.05) is 0 Å². The highest BCUT2D eigenvalue weighted by Gasteiger charge is 2.15. The summed E-state index contributed by atoms with van der Waals surface area (Å²) < 4.78 is 12.6. The summed E-state index contributed by atoms with van der Waals surface area (Å²) in [4.78, 5) is 11.7. The predicted molar refractivity (Wildman–Crippen MR) is 52.7 cm³/mol. The van der Waals surface area contributed by atoms with Crippen molar-refractivity contribution < 1.29 is 14.3 Å². The monoisotopic (exact) mass is 222 g/mol. The number of nitrogens with two attached hydrogens (primary N) is 1. The molecule has 1 heterocycles. The maximum absolute atomic E-state index is 12.6. The molecule has 0 unspecified atom stereocenters. The second kappa shape index (κ2) is 3.61. The number of carboxylic acids is 1. The molecule has 7 heteroatoms. The van der Waals surface area contributed by atoms with Gasteiger partial charge in [0.05, 0.1) is 5.69 Å². The summed E-state index contributed by atoms with van der Waals surface area (Å²) in [5.41, 5.74) is 5.46. The second-order valence-corrected chi connectivity index (χ2v) is 3.00. The SMILES string of the molecule is Nc1nn(-c2ccc(F)cc2)nc1C(=O)O. The van der Waals surface area contributed by atoms with Gasteiger partial charge in [-0.05, 0) is 24.3 Å². The van der Waals surface area contributed by atoms with E-state index >= 15 is 0 Å². The molecule has 0 aliphatic rings. The lowest BCUT2D eigenvalue weighted by molar-refractivity contribution is 0.0691. The normalized spacial score (nSPS) is 10.3. The Morgan fingerprint density at radius 1 is 1.31 bits per heavy atom. The van der Waals surface area contributed by atoms with Crippen LogP contribution in [0.5, 0.6) is 0 Å². The van der Waals surface area contributed by atoms with Crippen LogP contribution in [0.15, 0.2) is 24.3 Å². The Morgan fingerprint density at radius 2 is 1.94 bits per heavy atom. The molecule has 0 aliphatic carbocycles. The average Bonchev–Trinajstić information content (AvgIpc) is 2.61. The summed E-state index contributed by atoms with van der Waals surface area (Å²) in [5, 5.41) is 16.1. The van der Waals surface area contributed by atoms with Gasteiger partial charge in [-0.1, -0.05) is 0 Å². The third kappa shape index (κ3) is 1.70. The van der Waals surface area contributed by atoms with Gasteiger partial charge in [0.1, 0.15) is 5.82 Å². The molecule has 1 aromatic carbocycles. The van der Waals surface area contributed by atoms with Gasteiger partial charge in [-0.25, -0.2) is 9.18 Å². The maximum atomic E-state index is 12.6. The zero-order chi connectivity index (χ0) is 11.7. The zero-order valence-corrected chi connectivity index (χ0v) is 7.96. The highest BCUT2D eigenvalue weighted by Crippen LogP contribution is 2.10. The Kier molecular flexibility index (Phi) is 2.28. The molecule has 0 spiro atoms. The molecule has 2 rings (SSSR count). The van der Waals surface area contributed by atoms with Gasteiger partial charge in [-0.2, -0.15) is 0 Å². The minimum Gasteiger partial charge on any atom is -0.476 e. The number of hydrogen-bond donors (Lipinski definition) is 2. The smallest absolute Gasteiger partial charge is 0.360 e. The van der Waals surface area contributed by atoms with Crippen molar-refractivity contribution >= 4 is 11.8 Å². The van der Waals surface area contributed by atoms with Crippen LogP contribution in [-0.2, 0) is 0 Å². The van der Waals surface area contributed by atoms with E-state index in [4.69, 9.17) is 10.8 Å². The highest BCUT2D eigenvalue weighted by atomic mass is 19.1. The molecule has 0 radical (unpaired) electrons. The second-order valence-electron chi connectivity index (χ2n) is 3.00. The lowest BCUT2D eigenvalue weighted by Crippen LogP contribution is -2.02. The van der Waals surface area contributed by atoms with Gasteiger partial charge >= 0.3 is 5.97 Å². The quantitative estimate of drug-likeness (QED) is 0.779. The van der Waals surface area contributed by atoms with E-state index in [2.05, 4.69) is 10.2 Å². The Balaban J connectivity index is 2.45. The summed E-state index contributed by atoms with van der Waals surface area (Å²) in [5.74, 6) is -1.84. The van der Waals surface area contributed by atoms with Crippen LogP contribution >= 0.6 is 0 Å². The summed E-state index contributed by atoms with van der Waals surface area (Å²) in [7, 11) is 0. The maximum Gasteiger partial charge on any atom is 0.360 e. The molecule has 0 atom stereocenters. The lowest BCUT2D eigenvalue weighted by atomic mass is 10.3. The number of nitrogens with zero attached hydrogens (tertiary/aromatic N) is 3. The van der Waals surface area contributed by atoms with Crippen LogP contribution in [0.3, 0.4) is 0 Å². The summed E-state index contributed by atoms with van der Waals surface area (Å²) in [6, 6.07) is 5.27. The van der Waals surface area contributed by atoms with Crippen molar-refractivity contribution in [3.63, 3.8) is 0 Å². The van der Waals surface area contributed by atoms with E-state index in [1.54, 1.807) is 0 Å². The Morgan fingerprint density at radius 3 is 2.44 bits per heavy atom. The van der Waals surface area contributed by atoms with E-state index in [1.165, 1.54) is 24.3 Å². The van der Waals surface area contributed by atoms with Crippen molar-refractivity contribution in [3.05, 3.63) is 35.8 Å². The Bertz CT molecular complexity index is 535. The third-order valence-corrected chi connectivity index (χ3v) is 1.90. The minimum absolute atomic E-state index is 0.183. The molecule has 0 bridgehead atoms. The number of nitrogen functional groups attached to an aromatic ring is 1.